The average molecular weight is 636 g/mol. The van der Waals surface area contributed by atoms with Gasteiger partial charge >= 0.3 is 15.5 Å². The maximum Gasteiger partial charge on any atom is 0.362 e. The van der Waals surface area contributed by atoms with Gasteiger partial charge in [-0.15, -0.1) is 0 Å². The molecule has 0 spiro atoms. The summed E-state index contributed by atoms with van der Waals surface area (Å²) >= 11 is 6.94. The third-order valence-electron chi connectivity index (χ3n) is 3.35. The van der Waals surface area contributed by atoms with Crippen LogP contribution in [0.1, 0.15) is 41.5 Å². The molecular weight excluding hydrogens is 606 g/mol. The highest BCUT2D eigenvalue weighted by atomic mass is 79.9. The van der Waals surface area contributed by atoms with Crippen molar-refractivity contribution in [1.82, 2.24) is 4.98 Å². The second-order valence-electron chi connectivity index (χ2n) is 5.57. The minimum atomic E-state index is -3.15. The van der Waals surface area contributed by atoms with Crippen molar-refractivity contribution in [2.24, 2.45) is 14.6 Å². The Bertz CT molecular complexity index is 898. The highest BCUT2D eigenvalue weighted by Gasteiger charge is 2.28. The summed E-state index contributed by atoms with van der Waals surface area (Å²) < 4.78 is 44.7. The van der Waals surface area contributed by atoms with Gasteiger partial charge in [0.2, 0.25) is 0 Å². The third-order valence-corrected chi connectivity index (χ3v) is 9.20. The van der Waals surface area contributed by atoms with E-state index in [4.69, 9.17) is 32.7 Å². The van der Waals surface area contributed by atoms with Crippen molar-refractivity contribution in [3.63, 3.8) is 0 Å². The number of azide groups is 1. The number of rotatable bonds is 15. The van der Waals surface area contributed by atoms with Crippen molar-refractivity contribution in [2.75, 3.05) is 39.6 Å². The van der Waals surface area contributed by atoms with Crippen molar-refractivity contribution >= 4 is 64.7 Å². The van der Waals surface area contributed by atoms with Crippen LogP contribution in [0.4, 0.5) is 17.3 Å². The monoisotopic (exact) mass is 634 g/mol. The third kappa shape index (κ3) is 8.66. The molecule has 0 saturated heterocycles. The Balaban J connectivity index is 4.03. The maximum absolute atomic E-state index is 9.06. The molecule has 0 aliphatic carbocycles. The first-order chi connectivity index (χ1) is 15.8. The number of halogens is 2. The molecule has 12 nitrogen and oxygen atoms in total. The van der Waals surface area contributed by atoms with Gasteiger partial charge < -0.3 is 27.1 Å². The first-order valence-corrected chi connectivity index (χ1v) is 14.9. The zero-order chi connectivity index (χ0) is 24.9. The van der Waals surface area contributed by atoms with E-state index in [-0.39, 0.29) is 17.3 Å². The molecule has 1 aromatic rings. The topological polar surface area (TPSA) is 142 Å². The molecule has 0 aliphatic rings. The Hall–Kier alpha value is -0.360. The molecule has 1 aromatic heterocycles. The lowest BCUT2D eigenvalue weighted by Gasteiger charge is -2.23. The lowest BCUT2D eigenvalue weighted by molar-refractivity contribution is 0.162. The highest BCUT2D eigenvalue weighted by Crippen LogP contribution is 2.60. The van der Waals surface area contributed by atoms with Gasteiger partial charge in [-0.2, -0.15) is 9.49 Å². The molecule has 0 unspecified atom stereocenters. The average Bonchev–Trinajstić information content (AvgIpc) is 2.76. The van der Waals surface area contributed by atoms with Crippen LogP contribution < -0.4 is 0 Å². The van der Waals surface area contributed by atoms with E-state index < -0.39 is 15.5 Å². The fraction of sp³-hybridized carbons (Fsp3) is 0.706. The van der Waals surface area contributed by atoms with Crippen molar-refractivity contribution in [3.05, 3.63) is 19.4 Å². The van der Waals surface area contributed by atoms with E-state index in [1.807, 2.05) is 41.5 Å². The Morgan fingerprint density at radius 2 is 1.06 bits per heavy atom. The number of nitrogens with zero attached hydrogens (tertiary/aromatic N) is 6. The standard InChI is InChI=1S/C17H30Br2N6O6P2/c1-7-26-32(27-8-2,28-9-3)23-15-13(18)16(22-25-20)21-17(14(15)19)24-33(29-10-4,30-11-5)31-12-6/h7-12H2,1-6H3. The number of aromatic nitrogens is 1. The molecule has 0 atom stereocenters. The van der Waals surface area contributed by atoms with E-state index in [0.717, 1.165) is 0 Å². The quantitative estimate of drug-likeness (QED) is 0.0810. The molecule has 0 saturated carbocycles. The number of hydrogen-bond acceptors (Lipinski definition) is 10. The molecule has 0 bridgehead atoms. The maximum atomic E-state index is 9.06. The smallest absolute Gasteiger partial charge is 0.303 e. The second-order valence-corrected chi connectivity index (χ2v) is 11.0. The lowest BCUT2D eigenvalue weighted by atomic mass is 10.4. The molecule has 1 rings (SSSR count). The van der Waals surface area contributed by atoms with Crippen LogP contribution in [0.2, 0.25) is 0 Å². The predicted octanol–water partition coefficient (Wildman–Crippen LogP) is 8.92. The Labute approximate surface area is 211 Å². The minimum absolute atomic E-state index is 0.00314. The lowest BCUT2D eigenvalue weighted by Crippen LogP contribution is -2.01. The summed E-state index contributed by atoms with van der Waals surface area (Å²) in [6.45, 7) is 12.7. The summed E-state index contributed by atoms with van der Waals surface area (Å²) in [7, 11) is -6.30. The Kier molecular flexibility index (Phi) is 14.5. The first-order valence-electron chi connectivity index (χ1n) is 10.4. The van der Waals surface area contributed by atoms with Crippen LogP contribution in [0.3, 0.4) is 0 Å². The number of pyridine rings is 1. The molecule has 16 heteroatoms. The van der Waals surface area contributed by atoms with Crippen LogP contribution >= 0.6 is 47.3 Å². The van der Waals surface area contributed by atoms with Gasteiger partial charge in [-0.05, 0) is 84.0 Å². The van der Waals surface area contributed by atoms with Gasteiger partial charge in [-0.3, -0.25) is 0 Å². The largest absolute Gasteiger partial charge is 0.362 e. The normalized spacial score (nSPS) is 11.9. The molecule has 0 aromatic carbocycles. The second kappa shape index (κ2) is 15.6. The predicted molar refractivity (Wildman–Crippen MR) is 136 cm³/mol. The van der Waals surface area contributed by atoms with E-state index >= 15 is 0 Å². The molecule has 33 heavy (non-hydrogen) atoms. The van der Waals surface area contributed by atoms with E-state index in [1.165, 1.54) is 0 Å². The highest BCUT2D eigenvalue weighted by molar-refractivity contribution is 9.11. The fourth-order valence-corrected chi connectivity index (χ4v) is 7.55. The molecule has 0 N–H and O–H groups in total. The van der Waals surface area contributed by atoms with Crippen molar-refractivity contribution in [3.8, 4) is 0 Å². The Morgan fingerprint density at radius 1 is 0.697 bits per heavy atom. The summed E-state index contributed by atoms with van der Waals surface area (Å²) in [4.78, 5) is 7.21. The molecule has 0 amide bonds. The van der Waals surface area contributed by atoms with Gasteiger partial charge in [-0.25, -0.2) is 4.98 Å². The van der Waals surface area contributed by atoms with Gasteiger partial charge in [0.1, 0.15) is 11.5 Å². The zero-order valence-corrected chi connectivity index (χ0v) is 24.5. The summed E-state index contributed by atoms with van der Waals surface area (Å²) in [5.41, 5.74) is 9.35. The van der Waals surface area contributed by atoms with Crippen LogP contribution in [0.15, 0.2) is 23.5 Å². The van der Waals surface area contributed by atoms with Gasteiger partial charge in [0.05, 0.1) is 48.6 Å². The van der Waals surface area contributed by atoms with E-state index in [1.54, 1.807) is 0 Å². The van der Waals surface area contributed by atoms with Gasteiger partial charge in [0, 0.05) is 4.91 Å². The molecule has 0 radical (unpaired) electrons. The molecule has 0 aliphatic heterocycles. The molecule has 1 heterocycles. The SMILES string of the molecule is CCOP(=Nc1nc(N=[N+]=[N-])c(Br)c(N=P(OCC)(OCC)OCC)c1Br)(OCC)OCC. The van der Waals surface area contributed by atoms with Gasteiger partial charge in [-0.1, -0.05) is 0 Å². The van der Waals surface area contributed by atoms with E-state index in [0.29, 0.717) is 48.6 Å². The van der Waals surface area contributed by atoms with Crippen molar-refractivity contribution < 1.29 is 27.1 Å². The van der Waals surface area contributed by atoms with Crippen LogP contribution in [0, 0.1) is 0 Å². The van der Waals surface area contributed by atoms with Crippen LogP contribution in [0.25, 0.3) is 10.4 Å². The van der Waals surface area contributed by atoms with Crippen LogP contribution in [0.5, 0.6) is 0 Å². The molecule has 188 valence electrons. The zero-order valence-electron chi connectivity index (χ0n) is 19.5. The minimum Gasteiger partial charge on any atom is -0.303 e. The van der Waals surface area contributed by atoms with Crippen molar-refractivity contribution in [2.45, 2.75) is 41.5 Å². The first kappa shape index (κ1) is 30.7. The van der Waals surface area contributed by atoms with Gasteiger partial charge in [0.15, 0.2) is 5.82 Å². The fourth-order valence-electron chi connectivity index (χ4n) is 2.38. The van der Waals surface area contributed by atoms with Crippen LogP contribution in [-0.4, -0.2) is 44.6 Å². The van der Waals surface area contributed by atoms with Gasteiger partial charge in [0.25, 0.3) is 0 Å². The summed E-state index contributed by atoms with van der Waals surface area (Å²) in [5, 5.41) is 3.67. The summed E-state index contributed by atoms with van der Waals surface area (Å²) in [6, 6.07) is 0. The summed E-state index contributed by atoms with van der Waals surface area (Å²) in [6.07, 6.45) is 0. The molecular formula is C17H30Br2N6O6P2. The van der Waals surface area contributed by atoms with E-state index in [2.05, 4.69) is 56.4 Å². The Morgan fingerprint density at radius 3 is 1.42 bits per heavy atom. The van der Waals surface area contributed by atoms with Crippen molar-refractivity contribution in [1.29, 1.82) is 0 Å². The summed E-state index contributed by atoms with van der Waals surface area (Å²) in [5.74, 6) is 0.119. The number of hydrogen-bond donors (Lipinski definition) is 0. The van der Waals surface area contributed by atoms with Crippen LogP contribution in [-0.2, 0) is 27.1 Å². The van der Waals surface area contributed by atoms with E-state index in [9.17, 15) is 0 Å². The molecule has 0 fully saturated rings.